The standard InChI is InChI=1S/C17H17Br.C17H16O2.C17H18O.C17H18S.C16H15Br.C2H6O.CH4N2S.CO2/c1-2-3-4-14-5-9-16(10-6-14)17-11-7-15(13-18)8-12-17;1-2-3-4-13-5-7-14(8-6-13)15-9-11-16(12-10-15)17(18)19;2*1-2-3-4-14-5-9-16(10-6-14)17-11-7-15(13-18)8-12-17;1-2-3-4-13-5-7-14(8-6-13)15-9-11-16(17)12-10-15;1-2-3;2-1(3)4;2-1-3/h2,5-12H,1,3-4,13H2;2,5-12H,1,3-4H2,(H,18,19);2*2,5-12,18H,1,3-4,13H2;2,5-12H,1,3-4H2;3H,2H2,1H3;(H4,2,3,4);. The average molecular weight is 1500 g/mol. The Kier molecular flexibility index (Phi) is 44.0. The zero-order valence-electron chi connectivity index (χ0n) is 57.2. The highest BCUT2D eigenvalue weighted by atomic mass is 79.9. The van der Waals surface area contributed by atoms with E-state index in [1.54, 1.807) is 19.1 Å². The highest BCUT2D eigenvalue weighted by Crippen LogP contribution is 2.27. The SMILES string of the molecule is C=CCCc1ccc(-c2ccc(Br)cc2)cc1.C=CCCc1ccc(-c2ccc(C(=O)O)cc2)cc1.C=CCCc1ccc(-c2ccc(CBr)cc2)cc1.C=CCCc1ccc(-c2ccc(CO)cc2)cc1.C=CCCc1ccc(-c2ccc(CS)cc2)cc1.CCO.NC(N)=S.O=C=O. The van der Waals surface area contributed by atoms with E-state index < -0.39 is 5.97 Å². The maximum absolute atomic E-state index is 10.8. The third kappa shape index (κ3) is 34.4. The smallest absolute Gasteiger partial charge is 0.373 e. The molecule has 12 heteroatoms. The Labute approximate surface area is 622 Å². The van der Waals surface area contributed by atoms with Gasteiger partial charge in [0.1, 0.15) is 0 Å². The topological polar surface area (TPSA) is 164 Å². The van der Waals surface area contributed by atoms with Crippen molar-refractivity contribution in [1.29, 1.82) is 0 Å². The first kappa shape index (κ1) is 84.9. The van der Waals surface area contributed by atoms with Crippen molar-refractivity contribution in [1.82, 2.24) is 0 Å². The molecule has 518 valence electrons. The molecule has 10 aromatic rings. The second kappa shape index (κ2) is 51.8. The summed E-state index contributed by atoms with van der Waals surface area (Å²) in [5, 5.41) is 26.3. The number of hydrogen-bond acceptors (Lipinski definition) is 7. The number of thiocarbonyl (C=S) groups is 1. The van der Waals surface area contributed by atoms with E-state index in [1.807, 2.05) is 66.8 Å². The van der Waals surface area contributed by atoms with Gasteiger partial charge in [-0.15, -0.1) is 32.9 Å². The van der Waals surface area contributed by atoms with Crippen molar-refractivity contribution in [3.8, 4) is 55.6 Å². The highest BCUT2D eigenvalue weighted by molar-refractivity contribution is 9.10. The van der Waals surface area contributed by atoms with E-state index in [9.17, 15) is 4.79 Å². The average Bonchev–Trinajstić information content (AvgIpc) is 0.924. The van der Waals surface area contributed by atoms with Crippen LogP contribution in [0.1, 0.15) is 93.9 Å². The van der Waals surface area contributed by atoms with E-state index in [1.165, 1.54) is 83.5 Å². The van der Waals surface area contributed by atoms with Crippen LogP contribution in [0.15, 0.2) is 310 Å². The van der Waals surface area contributed by atoms with Crippen molar-refractivity contribution in [2.75, 3.05) is 6.61 Å². The lowest BCUT2D eigenvalue weighted by Crippen LogP contribution is -2.18. The van der Waals surface area contributed by atoms with Gasteiger partial charge in [0.15, 0.2) is 5.11 Å². The summed E-state index contributed by atoms with van der Waals surface area (Å²) in [6.45, 7) is 20.7. The molecule has 7 N–H and O–H groups in total. The molecule has 10 rings (SSSR count). The van der Waals surface area contributed by atoms with Crippen LogP contribution in [0.3, 0.4) is 0 Å². The zero-order chi connectivity index (χ0) is 73.1. The van der Waals surface area contributed by atoms with Crippen LogP contribution in [0.4, 0.5) is 0 Å². The monoisotopic (exact) mass is 1500 g/mol. The molecule has 0 aliphatic carbocycles. The van der Waals surface area contributed by atoms with Crippen LogP contribution in [0, 0.1) is 0 Å². The van der Waals surface area contributed by atoms with Gasteiger partial charge in [0, 0.05) is 22.2 Å². The summed E-state index contributed by atoms with van der Waals surface area (Å²) < 4.78 is 1.11. The molecule has 0 fully saturated rings. The fourth-order valence-electron chi connectivity index (χ4n) is 9.50. The molecule has 0 aromatic heterocycles. The molecule has 10 aromatic carbocycles. The molecule has 0 heterocycles. The van der Waals surface area contributed by atoms with E-state index in [-0.39, 0.29) is 24.5 Å². The lowest BCUT2D eigenvalue weighted by atomic mass is 10.0. The van der Waals surface area contributed by atoms with Crippen LogP contribution in [-0.4, -0.2) is 39.2 Å². The first-order valence-electron chi connectivity index (χ1n) is 32.9. The number of halogens is 2. The number of aliphatic hydroxyl groups is 2. The molecule has 0 atom stereocenters. The summed E-state index contributed by atoms with van der Waals surface area (Å²) in [5.41, 5.74) is 31.9. The van der Waals surface area contributed by atoms with Gasteiger partial charge in [0.05, 0.1) is 12.2 Å². The number of carboxylic acid groups (broad SMARTS) is 1. The number of alkyl halides is 1. The largest absolute Gasteiger partial charge is 0.478 e. The molecule has 0 spiro atoms. The minimum atomic E-state index is -0.897. The number of carbonyl (C=O) groups is 1. The number of carboxylic acids is 1. The predicted octanol–water partition coefficient (Wildman–Crippen LogP) is 22.2. The summed E-state index contributed by atoms with van der Waals surface area (Å²) in [7, 11) is 0. The summed E-state index contributed by atoms with van der Waals surface area (Å²) in [6.07, 6.45) is 20.4. The number of allylic oxidation sites excluding steroid dienone is 5. The third-order valence-corrected chi connectivity index (χ3v) is 16.5. The molecule has 8 nitrogen and oxygen atoms in total. The minimum absolute atomic E-state index is 0.000000000000000222. The zero-order valence-corrected chi connectivity index (χ0v) is 62.1. The maximum Gasteiger partial charge on any atom is 0.373 e. The number of carbonyl (C=O) groups excluding carboxylic acids is 2. The van der Waals surface area contributed by atoms with Gasteiger partial charge in [0.25, 0.3) is 0 Å². The van der Waals surface area contributed by atoms with Crippen LogP contribution in [0.25, 0.3) is 55.6 Å². The second-order valence-electron chi connectivity index (χ2n) is 22.4. The van der Waals surface area contributed by atoms with Crippen molar-refractivity contribution < 1.29 is 29.7 Å². The van der Waals surface area contributed by atoms with E-state index in [4.69, 9.17) is 24.9 Å². The third-order valence-electron chi connectivity index (χ3n) is 15.0. The van der Waals surface area contributed by atoms with Crippen LogP contribution in [0.5, 0.6) is 0 Å². The fraction of sp³-hybridized carbons (Fsp3) is 0.170. The summed E-state index contributed by atoms with van der Waals surface area (Å²) in [5.74, 6) is -0.104. The minimum Gasteiger partial charge on any atom is -0.478 e. The number of aromatic carboxylic acids is 1. The molecule has 0 radical (unpaired) electrons. The van der Waals surface area contributed by atoms with E-state index in [2.05, 4.69) is 295 Å². The molecular weight excluding hydrogens is 1400 g/mol. The van der Waals surface area contributed by atoms with Gasteiger partial charge in [-0.25, -0.2) is 4.79 Å². The maximum atomic E-state index is 10.8. The van der Waals surface area contributed by atoms with Crippen molar-refractivity contribution in [3.05, 3.63) is 360 Å². The molecule has 0 saturated heterocycles. The van der Waals surface area contributed by atoms with Crippen molar-refractivity contribution in [3.63, 3.8) is 0 Å². The van der Waals surface area contributed by atoms with E-state index in [0.717, 1.165) is 96.5 Å². The summed E-state index contributed by atoms with van der Waals surface area (Å²) in [6, 6.07) is 83.9. The lowest BCUT2D eigenvalue weighted by molar-refractivity contribution is -0.191. The van der Waals surface area contributed by atoms with Crippen LogP contribution in [0.2, 0.25) is 0 Å². The number of aliphatic hydroxyl groups excluding tert-OH is 2. The van der Waals surface area contributed by atoms with Crippen LogP contribution in [-0.2, 0) is 59.4 Å². The molecule has 0 aliphatic heterocycles. The van der Waals surface area contributed by atoms with Gasteiger partial charge < -0.3 is 26.8 Å². The lowest BCUT2D eigenvalue weighted by Gasteiger charge is -2.05. The van der Waals surface area contributed by atoms with E-state index in [0.29, 0.717) is 5.56 Å². The quantitative estimate of drug-likeness (QED) is 0.0150. The van der Waals surface area contributed by atoms with Gasteiger partial charge in [-0.05, 0) is 208 Å². The second-order valence-corrected chi connectivity index (χ2v) is 24.6. The van der Waals surface area contributed by atoms with Gasteiger partial charge in [0.2, 0.25) is 0 Å². The fourth-order valence-corrected chi connectivity index (χ4v) is 10.4. The van der Waals surface area contributed by atoms with Crippen LogP contribution < -0.4 is 11.5 Å². The van der Waals surface area contributed by atoms with Crippen LogP contribution >= 0.6 is 56.7 Å². The first-order chi connectivity index (χ1) is 48.5. The predicted molar refractivity (Wildman–Crippen MR) is 437 cm³/mol. The molecule has 0 bridgehead atoms. The molecule has 0 aliphatic rings. The van der Waals surface area contributed by atoms with E-state index >= 15 is 0 Å². The molecule has 0 amide bonds. The number of benzene rings is 10. The van der Waals surface area contributed by atoms with Gasteiger partial charge >= 0.3 is 12.1 Å². The molecule has 0 unspecified atom stereocenters. The Morgan fingerprint density at radius 2 is 0.580 bits per heavy atom. The van der Waals surface area contributed by atoms with Gasteiger partial charge in [-0.3, -0.25) is 0 Å². The number of aryl methyl sites for hydroxylation is 5. The number of nitrogens with two attached hydrogens (primary N) is 2. The Morgan fingerprint density at radius 3 is 0.760 bits per heavy atom. The number of hydrogen-bond donors (Lipinski definition) is 6. The summed E-state index contributed by atoms with van der Waals surface area (Å²) in [4.78, 5) is 27.0. The highest BCUT2D eigenvalue weighted by Gasteiger charge is 2.06. The van der Waals surface area contributed by atoms with Crippen molar-refractivity contribution in [2.45, 2.75) is 88.8 Å². The van der Waals surface area contributed by atoms with Crippen molar-refractivity contribution in [2.24, 2.45) is 11.5 Å². The molecule has 100 heavy (non-hydrogen) atoms. The number of rotatable bonds is 24. The summed E-state index contributed by atoms with van der Waals surface area (Å²) >= 11 is 15.3. The Morgan fingerprint density at radius 1 is 0.400 bits per heavy atom. The Bertz CT molecular complexity index is 3730. The normalized spacial score (nSPS) is 9.70. The van der Waals surface area contributed by atoms with Crippen molar-refractivity contribution >= 4 is 73.9 Å². The Hall–Kier alpha value is -9.33. The first-order valence-corrected chi connectivity index (χ1v) is 35.8. The molecular formula is C88H94Br2N2O6S2. The Balaban J connectivity index is 0.000000314. The van der Waals surface area contributed by atoms with Gasteiger partial charge in [-0.2, -0.15) is 22.2 Å². The van der Waals surface area contributed by atoms with Gasteiger partial charge in [-0.1, -0.05) is 281 Å². The number of thiol groups is 1. The molecule has 0 saturated carbocycles.